The van der Waals surface area contributed by atoms with E-state index in [-0.39, 0.29) is 11.5 Å². The molecule has 1 saturated carbocycles. The fourth-order valence-electron chi connectivity index (χ4n) is 3.45. The summed E-state index contributed by atoms with van der Waals surface area (Å²) in [5.41, 5.74) is 0.841. The first kappa shape index (κ1) is 15.4. The van der Waals surface area contributed by atoms with Crippen molar-refractivity contribution in [1.82, 2.24) is 5.32 Å². The monoisotopic (exact) mass is 281 g/mol. The van der Waals surface area contributed by atoms with Crippen molar-refractivity contribution in [2.45, 2.75) is 58.4 Å². The normalized spacial score (nSPS) is 19.8. The summed E-state index contributed by atoms with van der Waals surface area (Å²) in [5.74, 6) is -0.967. The summed E-state index contributed by atoms with van der Waals surface area (Å²) < 4.78 is 27.1. The van der Waals surface area contributed by atoms with Crippen LogP contribution in [0.2, 0.25) is 0 Å². The first-order chi connectivity index (χ1) is 9.55. The molecule has 1 aromatic carbocycles. The molecule has 1 N–H and O–H groups in total. The van der Waals surface area contributed by atoms with Crippen molar-refractivity contribution in [3.8, 4) is 0 Å². The van der Waals surface area contributed by atoms with Crippen molar-refractivity contribution >= 4 is 0 Å². The Morgan fingerprint density at radius 3 is 2.25 bits per heavy atom. The third-order valence-corrected chi connectivity index (χ3v) is 4.51. The van der Waals surface area contributed by atoms with Gasteiger partial charge in [0, 0.05) is 12.1 Å². The van der Waals surface area contributed by atoms with Crippen molar-refractivity contribution in [2.24, 2.45) is 5.41 Å². The van der Waals surface area contributed by atoms with Crippen LogP contribution < -0.4 is 5.32 Å². The van der Waals surface area contributed by atoms with Gasteiger partial charge in [0.2, 0.25) is 0 Å². The van der Waals surface area contributed by atoms with E-state index in [2.05, 4.69) is 19.2 Å². The van der Waals surface area contributed by atoms with Gasteiger partial charge in [-0.1, -0.05) is 33.1 Å². The lowest BCUT2D eigenvalue weighted by Crippen LogP contribution is -2.38. The van der Waals surface area contributed by atoms with Crippen LogP contribution in [0.3, 0.4) is 0 Å². The molecule has 1 aromatic rings. The Labute approximate surface area is 120 Å². The third kappa shape index (κ3) is 3.57. The highest BCUT2D eigenvalue weighted by molar-refractivity contribution is 5.24. The summed E-state index contributed by atoms with van der Waals surface area (Å²) in [7, 11) is 0. The van der Waals surface area contributed by atoms with Crippen molar-refractivity contribution in [3.05, 3.63) is 35.4 Å². The second-order valence-electron chi connectivity index (χ2n) is 6.30. The zero-order valence-corrected chi connectivity index (χ0v) is 12.5. The molecule has 1 atom stereocenters. The van der Waals surface area contributed by atoms with E-state index < -0.39 is 11.6 Å². The smallest absolute Gasteiger partial charge is 0.126 e. The maximum Gasteiger partial charge on any atom is 0.126 e. The molecule has 1 nitrogen and oxygen atoms in total. The molecule has 1 aliphatic rings. The van der Waals surface area contributed by atoms with E-state index >= 15 is 0 Å². The van der Waals surface area contributed by atoms with E-state index in [1.54, 1.807) is 0 Å². The Morgan fingerprint density at radius 2 is 1.70 bits per heavy atom. The Bertz CT molecular complexity index is 418. The van der Waals surface area contributed by atoms with E-state index in [0.717, 1.165) is 37.4 Å². The zero-order chi connectivity index (χ0) is 14.6. The number of hydrogen-bond acceptors (Lipinski definition) is 1. The van der Waals surface area contributed by atoms with Crippen molar-refractivity contribution < 1.29 is 8.78 Å². The predicted molar refractivity (Wildman–Crippen MR) is 78.6 cm³/mol. The van der Waals surface area contributed by atoms with Gasteiger partial charge in [0.15, 0.2) is 0 Å². The van der Waals surface area contributed by atoms with Crippen LogP contribution in [0.15, 0.2) is 18.2 Å². The van der Waals surface area contributed by atoms with Crippen LogP contribution in [0.4, 0.5) is 8.78 Å². The molecular weight excluding hydrogens is 256 g/mol. The lowest BCUT2D eigenvalue weighted by Gasteiger charge is -2.41. The van der Waals surface area contributed by atoms with Gasteiger partial charge in [-0.05, 0) is 48.9 Å². The van der Waals surface area contributed by atoms with Crippen LogP contribution in [0, 0.1) is 17.0 Å². The molecule has 0 spiro atoms. The first-order valence-electron chi connectivity index (χ1n) is 7.74. The second kappa shape index (κ2) is 6.66. The Morgan fingerprint density at radius 1 is 1.10 bits per heavy atom. The number of hydrogen-bond donors (Lipinski definition) is 1. The minimum atomic E-state index is -0.484. The van der Waals surface area contributed by atoms with Crippen LogP contribution in [0.5, 0.6) is 0 Å². The highest BCUT2D eigenvalue weighted by Crippen LogP contribution is 2.45. The van der Waals surface area contributed by atoms with Gasteiger partial charge < -0.3 is 5.32 Å². The molecule has 0 radical (unpaired) electrons. The van der Waals surface area contributed by atoms with Crippen LogP contribution >= 0.6 is 0 Å². The second-order valence-corrected chi connectivity index (χ2v) is 6.30. The van der Waals surface area contributed by atoms with E-state index in [1.807, 2.05) is 0 Å². The Hall–Kier alpha value is -0.960. The van der Waals surface area contributed by atoms with Crippen LogP contribution in [0.1, 0.15) is 64.0 Å². The van der Waals surface area contributed by atoms with Gasteiger partial charge in [-0.25, -0.2) is 8.78 Å². The zero-order valence-electron chi connectivity index (χ0n) is 12.5. The van der Waals surface area contributed by atoms with Crippen LogP contribution in [0.25, 0.3) is 0 Å². The molecular formula is C17H25F2N. The maximum absolute atomic E-state index is 13.5. The fourth-order valence-corrected chi connectivity index (χ4v) is 3.45. The lowest BCUT2D eigenvalue weighted by molar-refractivity contribution is 0.144. The van der Waals surface area contributed by atoms with Crippen LogP contribution in [-0.4, -0.2) is 6.54 Å². The van der Waals surface area contributed by atoms with E-state index in [1.165, 1.54) is 31.4 Å². The molecule has 0 aliphatic heterocycles. The summed E-state index contributed by atoms with van der Waals surface area (Å²) in [6, 6.07) is 3.95. The number of benzene rings is 1. The molecule has 20 heavy (non-hydrogen) atoms. The quantitative estimate of drug-likeness (QED) is 0.803. The van der Waals surface area contributed by atoms with Gasteiger partial charge in [0.25, 0.3) is 0 Å². The molecule has 112 valence electrons. The van der Waals surface area contributed by atoms with Crippen molar-refractivity contribution in [3.63, 3.8) is 0 Å². The van der Waals surface area contributed by atoms with Gasteiger partial charge >= 0.3 is 0 Å². The molecule has 0 bridgehead atoms. The minimum Gasteiger partial charge on any atom is -0.309 e. The summed E-state index contributed by atoms with van der Waals surface area (Å²) in [6.45, 7) is 5.24. The van der Waals surface area contributed by atoms with Crippen LogP contribution in [-0.2, 0) is 0 Å². The number of halogens is 2. The lowest BCUT2D eigenvalue weighted by atomic mass is 9.68. The summed E-state index contributed by atoms with van der Waals surface area (Å²) in [4.78, 5) is 0. The fraction of sp³-hybridized carbons (Fsp3) is 0.647. The predicted octanol–water partition coefficient (Wildman–Crippen LogP) is 4.98. The Balaban J connectivity index is 2.30. The molecule has 1 aliphatic carbocycles. The van der Waals surface area contributed by atoms with E-state index in [9.17, 15) is 8.78 Å². The van der Waals surface area contributed by atoms with E-state index in [0.29, 0.717) is 0 Å². The third-order valence-electron chi connectivity index (χ3n) is 4.51. The molecule has 1 unspecified atom stereocenters. The largest absolute Gasteiger partial charge is 0.309 e. The van der Waals surface area contributed by atoms with Gasteiger partial charge in [-0.2, -0.15) is 0 Å². The highest BCUT2D eigenvalue weighted by Gasteiger charge is 2.36. The number of nitrogens with one attached hydrogen (secondary N) is 1. The minimum absolute atomic E-state index is 0.0351. The molecule has 2 rings (SSSR count). The molecule has 3 heteroatoms. The maximum atomic E-state index is 13.5. The summed E-state index contributed by atoms with van der Waals surface area (Å²) >= 11 is 0. The van der Waals surface area contributed by atoms with Crippen molar-refractivity contribution in [1.29, 1.82) is 0 Å². The van der Waals surface area contributed by atoms with Gasteiger partial charge in [-0.3, -0.25) is 0 Å². The van der Waals surface area contributed by atoms with Gasteiger partial charge in [0.05, 0.1) is 0 Å². The molecule has 1 fully saturated rings. The SMILES string of the molecule is CCCNC(c1cc(F)cc(F)c1)C1(C)CCCCC1. The molecule has 0 heterocycles. The van der Waals surface area contributed by atoms with Gasteiger partial charge in [-0.15, -0.1) is 0 Å². The standard InChI is InChI=1S/C17H25F2N/c1-3-9-20-16(17(2)7-5-4-6-8-17)13-10-14(18)12-15(19)11-13/h10-12,16,20H,3-9H2,1-2H3. The summed E-state index contributed by atoms with van der Waals surface area (Å²) in [5, 5.41) is 3.52. The Kier molecular flexibility index (Phi) is 5.14. The van der Waals surface area contributed by atoms with E-state index in [4.69, 9.17) is 0 Å². The molecule has 0 amide bonds. The van der Waals surface area contributed by atoms with Crippen molar-refractivity contribution in [2.75, 3.05) is 6.54 Å². The number of rotatable bonds is 5. The molecule has 0 aromatic heterocycles. The summed E-state index contributed by atoms with van der Waals surface area (Å²) in [6.07, 6.45) is 6.94. The molecule has 0 saturated heterocycles. The average molecular weight is 281 g/mol. The van der Waals surface area contributed by atoms with Gasteiger partial charge in [0.1, 0.15) is 11.6 Å². The topological polar surface area (TPSA) is 12.0 Å². The first-order valence-corrected chi connectivity index (χ1v) is 7.74. The highest BCUT2D eigenvalue weighted by atomic mass is 19.1. The average Bonchev–Trinajstić information content (AvgIpc) is 2.38.